The van der Waals surface area contributed by atoms with Crippen LogP contribution in [0.4, 0.5) is 5.69 Å². The molecular formula is C19H20N4O3. The number of aromatic nitrogens is 3. The largest absolute Gasteiger partial charge is 0.495 e. The van der Waals surface area contributed by atoms with E-state index in [-0.39, 0.29) is 12.5 Å². The van der Waals surface area contributed by atoms with E-state index in [0.717, 1.165) is 16.8 Å². The van der Waals surface area contributed by atoms with E-state index >= 15 is 0 Å². The van der Waals surface area contributed by atoms with Crippen molar-refractivity contribution in [3.63, 3.8) is 0 Å². The lowest BCUT2D eigenvalue weighted by molar-refractivity contribution is -0.117. The topological polar surface area (TPSA) is 78.2 Å². The number of methoxy groups -OCH3 is 1. The zero-order valence-corrected chi connectivity index (χ0v) is 14.9. The Kier molecular flexibility index (Phi) is 4.88. The van der Waals surface area contributed by atoms with Crippen LogP contribution in [0.2, 0.25) is 0 Å². The molecule has 7 nitrogen and oxygen atoms in total. The van der Waals surface area contributed by atoms with Crippen LogP contribution >= 0.6 is 0 Å². The maximum absolute atomic E-state index is 12.5. The second kappa shape index (κ2) is 7.26. The quantitative estimate of drug-likeness (QED) is 0.764. The molecule has 2 aromatic carbocycles. The minimum atomic E-state index is -0.485. The Labute approximate surface area is 150 Å². The summed E-state index contributed by atoms with van der Waals surface area (Å²) in [5.74, 6) is 0.208. The van der Waals surface area contributed by atoms with Crippen molar-refractivity contribution in [3.05, 3.63) is 70.4 Å². The van der Waals surface area contributed by atoms with Crippen molar-refractivity contribution in [1.82, 2.24) is 14.3 Å². The van der Waals surface area contributed by atoms with Crippen LogP contribution in [0.25, 0.3) is 5.69 Å². The molecule has 7 heteroatoms. The van der Waals surface area contributed by atoms with Gasteiger partial charge in [0.2, 0.25) is 5.91 Å². The first-order valence-electron chi connectivity index (χ1n) is 8.14. The first-order valence-corrected chi connectivity index (χ1v) is 8.14. The second-order valence-corrected chi connectivity index (χ2v) is 5.97. The van der Waals surface area contributed by atoms with E-state index in [2.05, 4.69) is 10.3 Å². The molecular weight excluding hydrogens is 332 g/mol. The molecule has 0 radical (unpaired) electrons. The number of aryl methyl sites for hydroxylation is 2. The van der Waals surface area contributed by atoms with Crippen LogP contribution in [0, 0.1) is 13.8 Å². The summed E-state index contributed by atoms with van der Waals surface area (Å²) in [5.41, 5.74) is 2.90. The van der Waals surface area contributed by atoms with Gasteiger partial charge in [-0.05, 0) is 43.2 Å². The van der Waals surface area contributed by atoms with Gasteiger partial charge in [0.15, 0.2) is 0 Å². The molecule has 1 aromatic heterocycles. The van der Waals surface area contributed by atoms with Gasteiger partial charge in [-0.1, -0.05) is 24.3 Å². The van der Waals surface area contributed by atoms with Gasteiger partial charge >= 0.3 is 5.69 Å². The fourth-order valence-corrected chi connectivity index (χ4v) is 2.70. The second-order valence-electron chi connectivity index (χ2n) is 5.97. The first-order chi connectivity index (χ1) is 12.5. The molecule has 0 saturated heterocycles. The fourth-order valence-electron chi connectivity index (χ4n) is 2.70. The van der Waals surface area contributed by atoms with E-state index in [1.165, 1.54) is 18.1 Å². The summed E-state index contributed by atoms with van der Waals surface area (Å²) < 4.78 is 8.13. The van der Waals surface area contributed by atoms with E-state index < -0.39 is 5.69 Å². The van der Waals surface area contributed by atoms with Crippen molar-refractivity contribution < 1.29 is 9.53 Å². The van der Waals surface area contributed by atoms with E-state index in [1.807, 2.05) is 38.1 Å². The zero-order valence-electron chi connectivity index (χ0n) is 14.9. The average molecular weight is 352 g/mol. The SMILES string of the molecule is COc1ccccc1NC(=O)Cn1c(=O)ncn1-c1cc(C)ccc1C. The fraction of sp³-hybridized carbons (Fsp3) is 0.211. The molecule has 0 aliphatic rings. The summed E-state index contributed by atoms with van der Waals surface area (Å²) in [4.78, 5) is 28.4. The molecule has 0 spiro atoms. The van der Waals surface area contributed by atoms with Gasteiger partial charge in [0.25, 0.3) is 0 Å². The van der Waals surface area contributed by atoms with Crippen LogP contribution in [0.5, 0.6) is 5.75 Å². The number of nitrogens with zero attached hydrogens (tertiary/aromatic N) is 3. The number of benzene rings is 2. The van der Waals surface area contributed by atoms with Gasteiger partial charge in [-0.3, -0.25) is 4.79 Å². The van der Waals surface area contributed by atoms with Crippen LogP contribution in [0.15, 0.2) is 53.6 Å². The molecule has 1 amide bonds. The Bertz CT molecular complexity index is 1000. The maximum Gasteiger partial charge on any atom is 0.364 e. The summed E-state index contributed by atoms with van der Waals surface area (Å²) in [6, 6.07) is 13.0. The molecule has 26 heavy (non-hydrogen) atoms. The third kappa shape index (κ3) is 3.51. The Balaban J connectivity index is 1.89. The van der Waals surface area contributed by atoms with Crippen molar-refractivity contribution in [2.75, 3.05) is 12.4 Å². The predicted molar refractivity (Wildman–Crippen MR) is 98.9 cm³/mol. The lowest BCUT2D eigenvalue weighted by Crippen LogP contribution is -2.30. The third-order valence-electron chi connectivity index (χ3n) is 4.04. The van der Waals surface area contributed by atoms with E-state index in [9.17, 15) is 9.59 Å². The number of hydrogen-bond donors (Lipinski definition) is 1. The van der Waals surface area contributed by atoms with Crippen LogP contribution in [0.1, 0.15) is 11.1 Å². The number of rotatable bonds is 5. The third-order valence-corrected chi connectivity index (χ3v) is 4.04. The average Bonchev–Trinajstić information content (AvgIpc) is 2.98. The van der Waals surface area contributed by atoms with Gasteiger partial charge in [0.05, 0.1) is 18.5 Å². The van der Waals surface area contributed by atoms with Gasteiger partial charge in [-0.25, -0.2) is 14.2 Å². The standard InChI is InChI=1S/C19H20N4O3/c1-13-8-9-14(2)16(10-13)23-12-20-19(25)22(23)11-18(24)21-15-6-4-5-7-17(15)26-3/h4-10,12H,11H2,1-3H3,(H,21,24). The molecule has 1 N–H and O–H groups in total. The van der Waals surface area contributed by atoms with E-state index in [0.29, 0.717) is 11.4 Å². The number of carbonyl (C=O) groups excluding carboxylic acids is 1. The Hall–Kier alpha value is -3.35. The Morgan fingerprint density at radius 1 is 1.19 bits per heavy atom. The van der Waals surface area contributed by atoms with E-state index in [4.69, 9.17) is 4.74 Å². The molecule has 0 bridgehead atoms. The van der Waals surface area contributed by atoms with Crippen LogP contribution in [0.3, 0.4) is 0 Å². The smallest absolute Gasteiger partial charge is 0.364 e. The lowest BCUT2D eigenvalue weighted by Gasteiger charge is -2.14. The molecule has 1 heterocycles. The highest BCUT2D eigenvalue weighted by atomic mass is 16.5. The minimum absolute atomic E-state index is 0.162. The Morgan fingerprint density at radius 2 is 1.96 bits per heavy atom. The summed E-state index contributed by atoms with van der Waals surface area (Å²) in [5, 5.41) is 2.77. The zero-order chi connectivity index (χ0) is 18.7. The molecule has 134 valence electrons. The van der Waals surface area contributed by atoms with Crippen LogP contribution < -0.4 is 15.7 Å². The first kappa shape index (κ1) is 17.5. The van der Waals surface area contributed by atoms with Crippen LogP contribution in [-0.2, 0) is 11.3 Å². The number of carbonyl (C=O) groups is 1. The van der Waals surface area contributed by atoms with Gasteiger partial charge < -0.3 is 10.1 Å². The summed E-state index contributed by atoms with van der Waals surface area (Å²) in [6.07, 6.45) is 1.43. The maximum atomic E-state index is 12.5. The molecule has 3 rings (SSSR count). The van der Waals surface area contributed by atoms with Gasteiger partial charge in [-0.2, -0.15) is 4.98 Å². The number of para-hydroxylation sites is 2. The highest BCUT2D eigenvalue weighted by molar-refractivity contribution is 5.92. The number of nitrogens with one attached hydrogen (secondary N) is 1. The van der Waals surface area contributed by atoms with E-state index in [1.54, 1.807) is 22.9 Å². The number of hydrogen-bond acceptors (Lipinski definition) is 4. The van der Waals surface area contributed by atoms with Gasteiger partial charge in [-0.15, -0.1) is 0 Å². The van der Waals surface area contributed by atoms with Crippen molar-refractivity contribution >= 4 is 11.6 Å². The molecule has 3 aromatic rings. The lowest BCUT2D eigenvalue weighted by atomic mass is 10.1. The monoisotopic (exact) mass is 352 g/mol. The molecule has 0 unspecified atom stereocenters. The molecule has 0 aliphatic heterocycles. The summed E-state index contributed by atoms with van der Waals surface area (Å²) in [7, 11) is 1.53. The summed E-state index contributed by atoms with van der Waals surface area (Å²) >= 11 is 0. The minimum Gasteiger partial charge on any atom is -0.495 e. The van der Waals surface area contributed by atoms with Crippen molar-refractivity contribution in [2.24, 2.45) is 0 Å². The number of amides is 1. The highest BCUT2D eigenvalue weighted by Gasteiger charge is 2.14. The van der Waals surface area contributed by atoms with Crippen LogP contribution in [-0.4, -0.2) is 27.4 Å². The predicted octanol–water partition coefficient (Wildman–Crippen LogP) is 2.30. The molecule has 0 atom stereocenters. The molecule has 0 saturated carbocycles. The highest BCUT2D eigenvalue weighted by Crippen LogP contribution is 2.23. The summed E-state index contributed by atoms with van der Waals surface area (Å²) in [6.45, 7) is 3.75. The van der Waals surface area contributed by atoms with Gasteiger partial charge in [0.1, 0.15) is 18.6 Å². The Morgan fingerprint density at radius 3 is 2.73 bits per heavy atom. The van der Waals surface area contributed by atoms with Crippen molar-refractivity contribution in [2.45, 2.75) is 20.4 Å². The molecule has 0 fully saturated rings. The van der Waals surface area contributed by atoms with Gasteiger partial charge in [0, 0.05) is 0 Å². The van der Waals surface area contributed by atoms with Crippen molar-refractivity contribution in [1.29, 1.82) is 0 Å². The van der Waals surface area contributed by atoms with Crippen molar-refractivity contribution in [3.8, 4) is 11.4 Å². The number of anilines is 1. The normalized spacial score (nSPS) is 10.6. The number of ether oxygens (including phenoxy) is 1. The molecule has 0 aliphatic carbocycles.